The lowest BCUT2D eigenvalue weighted by Crippen LogP contribution is -2.39. The van der Waals surface area contributed by atoms with Gasteiger partial charge in [-0.3, -0.25) is 4.79 Å². The number of hydrogen-bond acceptors (Lipinski definition) is 2. The van der Waals surface area contributed by atoms with Crippen molar-refractivity contribution in [1.82, 2.24) is 0 Å². The minimum Gasteiger partial charge on any atom is -0.481 e. The first kappa shape index (κ1) is 7.10. The Morgan fingerprint density at radius 2 is 2.45 bits per heavy atom. The quantitative estimate of drug-likeness (QED) is 0.645. The predicted octanol–water partition coefficient (Wildman–Crippen LogP) is 0.886. The highest BCUT2D eigenvalue weighted by molar-refractivity contribution is 5.67. The molecule has 0 aromatic heterocycles. The van der Waals surface area contributed by atoms with Crippen molar-refractivity contribution in [3.63, 3.8) is 0 Å². The standard InChI is InChI=1S/C8H12O3/c9-8(10)4-5-3-7-6(5)1-2-11-7/h5-7H,1-4H2,(H,9,10)/t5-,6+,7-/m0/s1. The fourth-order valence-corrected chi connectivity index (χ4v) is 2.18. The van der Waals surface area contributed by atoms with Gasteiger partial charge in [-0.1, -0.05) is 0 Å². The molecule has 62 valence electrons. The molecule has 1 N–H and O–H groups in total. The number of fused-ring (bicyclic) bond motifs is 1. The molecule has 0 spiro atoms. The lowest BCUT2D eigenvalue weighted by Gasteiger charge is -2.37. The number of carboxylic acid groups (broad SMARTS) is 1. The highest BCUT2D eigenvalue weighted by Gasteiger charge is 2.45. The zero-order valence-electron chi connectivity index (χ0n) is 6.32. The Balaban J connectivity index is 1.85. The molecule has 0 amide bonds. The molecule has 0 aromatic rings. The second kappa shape index (κ2) is 2.48. The molecular weight excluding hydrogens is 144 g/mol. The molecule has 3 atom stereocenters. The smallest absolute Gasteiger partial charge is 0.303 e. The van der Waals surface area contributed by atoms with Gasteiger partial charge in [-0.05, 0) is 24.7 Å². The monoisotopic (exact) mass is 156 g/mol. The average Bonchev–Trinajstić information content (AvgIpc) is 2.26. The molecule has 3 heteroatoms. The molecule has 2 fully saturated rings. The van der Waals surface area contributed by atoms with E-state index in [1.807, 2.05) is 0 Å². The van der Waals surface area contributed by atoms with Gasteiger partial charge in [0.05, 0.1) is 6.10 Å². The maximum atomic E-state index is 10.4. The second-order valence-electron chi connectivity index (χ2n) is 3.46. The maximum absolute atomic E-state index is 10.4. The molecule has 11 heavy (non-hydrogen) atoms. The number of carboxylic acids is 1. The van der Waals surface area contributed by atoms with E-state index < -0.39 is 5.97 Å². The van der Waals surface area contributed by atoms with Crippen LogP contribution in [0.15, 0.2) is 0 Å². The normalized spacial score (nSPS) is 41.3. The summed E-state index contributed by atoms with van der Waals surface area (Å²) in [6, 6.07) is 0. The minimum absolute atomic E-state index is 0.338. The number of aliphatic carboxylic acids is 1. The third-order valence-corrected chi connectivity index (χ3v) is 2.84. The van der Waals surface area contributed by atoms with Crippen molar-refractivity contribution >= 4 is 5.97 Å². The van der Waals surface area contributed by atoms with Crippen LogP contribution in [0.4, 0.5) is 0 Å². The summed E-state index contributed by atoms with van der Waals surface area (Å²) >= 11 is 0. The van der Waals surface area contributed by atoms with Crippen LogP contribution in [0.3, 0.4) is 0 Å². The van der Waals surface area contributed by atoms with Crippen molar-refractivity contribution in [2.45, 2.75) is 25.4 Å². The van der Waals surface area contributed by atoms with Gasteiger partial charge in [-0.25, -0.2) is 0 Å². The minimum atomic E-state index is -0.666. The van der Waals surface area contributed by atoms with E-state index in [1.54, 1.807) is 0 Å². The summed E-state index contributed by atoms with van der Waals surface area (Å²) < 4.78 is 5.37. The van der Waals surface area contributed by atoms with Gasteiger partial charge in [0.15, 0.2) is 0 Å². The summed E-state index contributed by atoms with van der Waals surface area (Å²) in [6.07, 6.45) is 2.78. The predicted molar refractivity (Wildman–Crippen MR) is 38.2 cm³/mol. The maximum Gasteiger partial charge on any atom is 0.303 e. The molecule has 0 unspecified atom stereocenters. The third-order valence-electron chi connectivity index (χ3n) is 2.84. The van der Waals surface area contributed by atoms with Crippen LogP contribution in [0.1, 0.15) is 19.3 Å². The lowest BCUT2D eigenvalue weighted by molar-refractivity contribution is -0.141. The lowest BCUT2D eigenvalue weighted by atomic mass is 9.69. The summed E-state index contributed by atoms with van der Waals surface area (Å²) in [5.41, 5.74) is 0. The zero-order valence-corrected chi connectivity index (χ0v) is 6.32. The Morgan fingerprint density at radius 1 is 1.64 bits per heavy atom. The van der Waals surface area contributed by atoms with Crippen molar-refractivity contribution in [3.8, 4) is 0 Å². The van der Waals surface area contributed by atoms with Crippen LogP contribution in [-0.4, -0.2) is 23.8 Å². The molecule has 1 aliphatic heterocycles. The van der Waals surface area contributed by atoms with E-state index in [-0.39, 0.29) is 0 Å². The summed E-state index contributed by atoms with van der Waals surface area (Å²) in [4.78, 5) is 10.4. The van der Waals surface area contributed by atoms with Gasteiger partial charge in [0.1, 0.15) is 0 Å². The zero-order chi connectivity index (χ0) is 7.84. The first-order chi connectivity index (χ1) is 5.27. The average molecular weight is 156 g/mol. The van der Waals surface area contributed by atoms with Gasteiger partial charge in [-0.2, -0.15) is 0 Å². The topological polar surface area (TPSA) is 46.5 Å². The van der Waals surface area contributed by atoms with Crippen LogP contribution in [0, 0.1) is 11.8 Å². The van der Waals surface area contributed by atoms with E-state index >= 15 is 0 Å². The van der Waals surface area contributed by atoms with Crippen LogP contribution in [0.25, 0.3) is 0 Å². The van der Waals surface area contributed by atoms with Gasteiger partial charge < -0.3 is 9.84 Å². The summed E-state index contributed by atoms with van der Waals surface area (Å²) in [5.74, 6) is 0.298. The van der Waals surface area contributed by atoms with E-state index in [0.29, 0.717) is 24.4 Å². The molecule has 1 saturated carbocycles. The van der Waals surface area contributed by atoms with E-state index in [1.165, 1.54) is 0 Å². The van der Waals surface area contributed by atoms with E-state index in [0.717, 1.165) is 19.4 Å². The Bertz CT molecular complexity index is 178. The Hall–Kier alpha value is -0.570. The van der Waals surface area contributed by atoms with Gasteiger partial charge in [0.2, 0.25) is 0 Å². The van der Waals surface area contributed by atoms with Crippen molar-refractivity contribution in [3.05, 3.63) is 0 Å². The molecule has 0 bridgehead atoms. The number of ether oxygens (including phenoxy) is 1. The van der Waals surface area contributed by atoms with E-state index in [4.69, 9.17) is 9.84 Å². The molecular formula is C8H12O3. The van der Waals surface area contributed by atoms with Crippen molar-refractivity contribution in [2.24, 2.45) is 11.8 Å². The fourth-order valence-electron chi connectivity index (χ4n) is 2.18. The van der Waals surface area contributed by atoms with Crippen molar-refractivity contribution in [2.75, 3.05) is 6.61 Å². The first-order valence-corrected chi connectivity index (χ1v) is 4.11. The molecule has 1 heterocycles. The van der Waals surface area contributed by atoms with Gasteiger partial charge in [0.25, 0.3) is 0 Å². The van der Waals surface area contributed by atoms with Crippen LogP contribution in [0.5, 0.6) is 0 Å². The summed E-state index contributed by atoms with van der Waals surface area (Å²) in [5, 5.41) is 8.53. The number of rotatable bonds is 2. The van der Waals surface area contributed by atoms with Crippen LogP contribution >= 0.6 is 0 Å². The third kappa shape index (κ3) is 1.13. The molecule has 0 aromatic carbocycles. The Morgan fingerprint density at radius 3 is 3.09 bits per heavy atom. The van der Waals surface area contributed by atoms with E-state index in [9.17, 15) is 4.79 Å². The highest BCUT2D eigenvalue weighted by Crippen LogP contribution is 2.45. The van der Waals surface area contributed by atoms with Gasteiger partial charge >= 0.3 is 5.97 Å². The SMILES string of the molecule is O=C(O)C[C@@H]1C[C@@H]2OCC[C@H]12. The summed E-state index contributed by atoms with van der Waals surface area (Å²) in [7, 11) is 0. The molecule has 2 aliphatic rings. The van der Waals surface area contributed by atoms with Crippen LogP contribution < -0.4 is 0 Å². The molecule has 0 radical (unpaired) electrons. The Kier molecular flexibility index (Phi) is 1.60. The second-order valence-corrected chi connectivity index (χ2v) is 3.46. The molecule has 2 rings (SSSR count). The highest BCUT2D eigenvalue weighted by atomic mass is 16.5. The molecule has 1 saturated heterocycles. The summed E-state index contributed by atoms with van der Waals surface area (Å²) in [6.45, 7) is 0.839. The van der Waals surface area contributed by atoms with Crippen molar-refractivity contribution in [1.29, 1.82) is 0 Å². The van der Waals surface area contributed by atoms with Crippen LogP contribution in [-0.2, 0) is 9.53 Å². The number of hydrogen-bond donors (Lipinski definition) is 1. The fraction of sp³-hybridized carbons (Fsp3) is 0.875. The van der Waals surface area contributed by atoms with E-state index in [2.05, 4.69) is 0 Å². The Labute approximate surface area is 65.4 Å². The largest absolute Gasteiger partial charge is 0.481 e. The van der Waals surface area contributed by atoms with Crippen molar-refractivity contribution < 1.29 is 14.6 Å². The van der Waals surface area contributed by atoms with Gasteiger partial charge in [0, 0.05) is 13.0 Å². The van der Waals surface area contributed by atoms with Gasteiger partial charge in [-0.15, -0.1) is 0 Å². The van der Waals surface area contributed by atoms with Crippen LogP contribution in [0.2, 0.25) is 0 Å². The molecule has 3 nitrogen and oxygen atoms in total. The molecule has 1 aliphatic carbocycles. The first-order valence-electron chi connectivity index (χ1n) is 4.11. The number of carbonyl (C=O) groups is 1.